The molecular weight excluding hydrogens is 368 g/mol. The van der Waals surface area contributed by atoms with Crippen LogP contribution in [0.5, 0.6) is 11.5 Å². The first-order valence-electron chi connectivity index (χ1n) is 11.1. The van der Waals surface area contributed by atoms with Crippen molar-refractivity contribution in [3.05, 3.63) is 23.8 Å². The molecule has 0 aromatic heterocycles. The van der Waals surface area contributed by atoms with Gasteiger partial charge in [-0.2, -0.15) is 0 Å². The Morgan fingerprint density at radius 2 is 1.93 bits per heavy atom. The molecule has 160 valence electrons. The largest absolute Gasteiger partial charge is 0.454 e. The standard InChI is InChI=1S/C23H34N2O4/c1-16(17-5-7-19(8-6-17)24-22(27)14-26)13-25-11-9-18(10-12-25)20-3-2-4-21-23(20)29-15-28-21/h2-4,16-19,26H,5-15H2,1H3,(H,24,27). The fraction of sp³-hybridized carbons (Fsp3) is 0.696. The van der Waals surface area contributed by atoms with Gasteiger partial charge in [0.15, 0.2) is 11.5 Å². The maximum Gasteiger partial charge on any atom is 0.245 e. The van der Waals surface area contributed by atoms with Gasteiger partial charge in [-0.25, -0.2) is 0 Å². The number of nitrogens with zero attached hydrogens (tertiary/aromatic N) is 1. The van der Waals surface area contributed by atoms with Crippen molar-refractivity contribution < 1.29 is 19.4 Å². The zero-order chi connectivity index (χ0) is 20.2. The Labute approximate surface area is 173 Å². The van der Waals surface area contributed by atoms with Gasteiger partial charge in [-0.1, -0.05) is 19.1 Å². The third kappa shape index (κ3) is 4.86. The molecule has 1 amide bonds. The van der Waals surface area contributed by atoms with E-state index in [4.69, 9.17) is 14.6 Å². The quantitative estimate of drug-likeness (QED) is 0.766. The number of aliphatic hydroxyl groups excluding tert-OH is 1. The van der Waals surface area contributed by atoms with Crippen LogP contribution in [0.1, 0.15) is 56.9 Å². The van der Waals surface area contributed by atoms with E-state index in [1.807, 2.05) is 6.07 Å². The summed E-state index contributed by atoms with van der Waals surface area (Å²) in [7, 11) is 0. The van der Waals surface area contributed by atoms with Crippen LogP contribution in [0.25, 0.3) is 0 Å². The molecule has 1 atom stereocenters. The van der Waals surface area contributed by atoms with Crippen LogP contribution in [0.3, 0.4) is 0 Å². The first kappa shape index (κ1) is 20.5. The minimum Gasteiger partial charge on any atom is -0.454 e. The lowest BCUT2D eigenvalue weighted by molar-refractivity contribution is -0.124. The maximum atomic E-state index is 11.4. The normalized spacial score (nSPS) is 26.3. The summed E-state index contributed by atoms with van der Waals surface area (Å²) in [6.45, 7) is 5.77. The Kier molecular flexibility index (Phi) is 6.60. The van der Waals surface area contributed by atoms with E-state index >= 15 is 0 Å². The van der Waals surface area contributed by atoms with Gasteiger partial charge < -0.3 is 24.8 Å². The van der Waals surface area contributed by atoms with E-state index in [0.717, 1.165) is 49.9 Å². The van der Waals surface area contributed by atoms with Gasteiger partial charge in [0.05, 0.1) is 0 Å². The first-order chi connectivity index (χ1) is 14.1. The number of piperidine rings is 1. The van der Waals surface area contributed by atoms with Gasteiger partial charge in [0.1, 0.15) is 6.61 Å². The number of benzene rings is 1. The fourth-order valence-electron chi connectivity index (χ4n) is 5.36. The predicted molar refractivity (Wildman–Crippen MR) is 111 cm³/mol. The van der Waals surface area contributed by atoms with E-state index in [-0.39, 0.29) is 11.9 Å². The van der Waals surface area contributed by atoms with Crippen LogP contribution in [0.2, 0.25) is 0 Å². The number of carbonyl (C=O) groups is 1. The molecule has 1 saturated carbocycles. The second-order valence-electron chi connectivity index (χ2n) is 8.97. The monoisotopic (exact) mass is 402 g/mol. The summed E-state index contributed by atoms with van der Waals surface area (Å²) in [6.07, 6.45) is 6.75. The molecule has 3 aliphatic rings. The smallest absolute Gasteiger partial charge is 0.245 e. The van der Waals surface area contributed by atoms with Crippen LogP contribution in [0.15, 0.2) is 18.2 Å². The molecule has 4 rings (SSSR count). The van der Waals surface area contributed by atoms with E-state index in [1.54, 1.807) is 0 Å². The summed E-state index contributed by atoms with van der Waals surface area (Å²) in [5, 5.41) is 11.8. The van der Waals surface area contributed by atoms with Crippen molar-refractivity contribution in [2.24, 2.45) is 11.8 Å². The molecule has 29 heavy (non-hydrogen) atoms. The molecule has 1 aromatic carbocycles. The molecular formula is C23H34N2O4. The lowest BCUT2D eigenvalue weighted by atomic mass is 9.78. The molecule has 0 bridgehead atoms. The molecule has 0 spiro atoms. The van der Waals surface area contributed by atoms with E-state index in [1.165, 1.54) is 31.2 Å². The summed E-state index contributed by atoms with van der Waals surface area (Å²) in [5.41, 5.74) is 1.32. The Balaban J connectivity index is 1.22. The molecule has 2 aliphatic heterocycles. The molecule has 2 fully saturated rings. The highest BCUT2D eigenvalue weighted by Gasteiger charge is 2.30. The molecule has 1 saturated heterocycles. The number of carbonyl (C=O) groups excluding carboxylic acids is 1. The lowest BCUT2D eigenvalue weighted by Crippen LogP contribution is -2.41. The van der Waals surface area contributed by atoms with Crippen molar-refractivity contribution in [1.82, 2.24) is 10.2 Å². The number of rotatable bonds is 6. The molecule has 6 nitrogen and oxygen atoms in total. The molecule has 1 aromatic rings. The van der Waals surface area contributed by atoms with Crippen LogP contribution < -0.4 is 14.8 Å². The SMILES string of the molecule is CC(CN1CCC(c2cccc3c2OCO3)CC1)C1CCC(NC(=O)CO)CC1. The Morgan fingerprint density at radius 1 is 1.17 bits per heavy atom. The third-order valence-electron chi connectivity index (χ3n) is 7.09. The second kappa shape index (κ2) is 9.35. The lowest BCUT2D eigenvalue weighted by Gasteiger charge is -2.38. The fourth-order valence-corrected chi connectivity index (χ4v) is 5.36. The van der Waals surface area contributed by atoms with Crippen molar-refractivity contribution in [2.75, 3.05) is 33.0 Å². The van der Waals surface area contributed by atoms with Gasteiger partial charge in [-0.05, 0) is 75.4 Å². The average molecular weight is 403 g/mol. The van der Waals surface area contributed by atoms with E-state index in [9.17, 15) is 4.79 Å². The van der Waals surface area contributed by atoms with Crippen molar-refractivity contribution >= 4 is 5.91 Å². The molecule has 2 heterocycles. The highest BCUT2D eigenvalue weighted by Crippen LogP contribution is 2.42. The van der Waals surface area contributed by atoms with Crippen LogP contribution in [0, 0.1) is 11.8 Å². The molecule has 1 unspecified atom stereocenters. The zero-order valence-corrected chi connectivity index (χ0v) is 17.4. The number of likely N-dealkylation sites (tertiary alicyclic amines) is 1. The Morgan fingerprint density at radius 3 is 2.66 bits per heavy atom. The predicted octanol–water partition coefficient (Wildman–Crippen LogP) is 2.90. The summed E-state index contributed by atoms with van der Waals surface area (Å²) >= 11 is 0. The Hall–Kier alpha value is -1.79. The zero-order valence-electron chi connectivity index (χ0n) is 17.4. The number of ether oxygens (including phenoxy) is 2. The molecule has 1 aliphatic carbocycles. The first-order valence-corrected chi connectivity index (χ1v) is 11.1. The molecule has 6 heteroatoms. The number of para-hydroxylation sites is 1. The van der Waals surface area contributed by atoms with E-state index in [0.29, 0.717) is 18.6 Å². The van der Waals surface area contributed by atoms with Crippen molar-refractivity contribution in [1.29, 1.82) is 0 Å². The third-order valence-corrected chi connectivity index (χ3v) is 7.09. The van der Waals surface area contributed by atoms with Gasteiger partial charge >= 0.3 is 0 Å². The van der Waals surface area contributed by atoms with Crippen molar-refractivity contribution in [2.45, 2.75) is 57.4 Å². The van der Waals surface area contributed by atoms with Crippen molar-refractivity contribution in [3.63, 3.8) is 0 Å². The van der Waals surface area contributed by atoms with E-state index in [2.05, 4.69) is 29.3 Å². The summed E-state index contributed by atoms with van der Waals surface area (Å²) in [5.74, 6) is 3.58. The maximum absolute atomic E-state index is 11.4. The second-order valence-corrected chi connectivity index (χ2v) is 8.97. The highest BCUT2D eigenvalue weighted by molar-refractivity contribution is 5.77. The highest BCUT2D eigenvalue weighted by atomic mass is 16.7. The van der Waals surface area contributed by atoms with Gasteiger partial charge in [0, 0.05) is 18.2 Å². The summed E-state index contributed by atoms with van der Waals surface area (Å²) < 4.78 is 11.3. The summed E-state index contributed by atoms with van der Waals surface area (Å²) in [4.78, 5) is 14.0. The number of hydrogen-bond donors (Lipinski definition) is 2. The number of nitrogens with one attached hydrogen (secondary N) is 1. The van der Waals surface area contributed by atoms with Crippen LogP contribution in [0.4, 0.5) is 0 Å². The topological polar surface area (TPSA) is 71.0 Å². The number of aliphatic hydroxyl groups is 1. The Bertz CT molecular complexity index is 694. The summed E-state index contributed by atoms with van der Waals surface area (Å²) in [6, 6.07) is 6.51. The van der Waals surface area contributed by atoms with E-state index < -0.39 is 6.61 Å². The number of amides is 1. The molecule has 2 N–H and O–H groups in total. The van der Waals surface area contributed by atoms with Gasteiger partial charge in [0.25, 0.3) is 0 Å². The van der Waals surface area contributed by atoms with Gasteiger partial charge in [0.2, 0.25) is 12.7 Å². The van der Waals surface area contributed by atoms with Crippen LogP contribution in [-0.4, -0.2) is 55.0 Å². The van der Waals surface area contributed by atoms with Crippen LogP contribution >= 0.6 is 0 Å². The minimum atomic E-state index is -0.406. The van der Waals surface area contributed by atoms with Crippen LogP contribution in [-0.2, 0) is 4.79 Å². The number of fused-ring (bicyclic) bond motifs is 1. The van der Waals surface area contributed by atoms with Gasteiger partial charge in [-0.3, -0.25) is 4.79 Å². The van der Waals surface area contributed by atoms with Gasteiger partial charge in [-0.15, -0.1) is 0 Å². The minimum absolute atomic E-state index is 0.243. The van der Waals surface area contributed by atoms with Crippen molar-refractivity contribution in [3.8, 4) is 11.5 Å². The molecule has 0 radical (unpaired) electrons. The number of hydrogen-bond acceptors (Lipinski definition) is 5. The average Bonchev–Trinajstić information content (AvgIpc) is 3.24.